The molecule has 1 amide bonds. The number of carbonyl (C=O) groups is 2. The highest BCUT2D eigenvalue weighted by molar-refractivity contribution is 6.14. The molecule has 0 aliphatic carbocycles. The smallest absolute Gasteiger partial charge is 0.290 e. The predicted octanol–water partition coefficient (Wildman–Crippen LogP) is 3.72. The largest absolute Gasteiger partial charge is 0.503 e. The molecular formula is C25H27NO6. The fourth-order valence-electron chi connectivity index (χ4n) is 3.71. The van der Waals surface area contributed by atoms with Gasteiger partial charge in [0.05, 0.1) is 25.8 Å². The summed E-state index contributed by atoms with van der Waals surface area (Å²) in [6.07, 6.45) is 3.59. The van der Waals surface area contributed by atoms with Crippen LogP contribution in [0.5, 0.6) is 11.5 Å². The highest BCUT2D eigenvalue weighted by Crippen LogP contribution is 2.41. The van der Waals surface area contributed by atoms with E-state index in [9.17, 15) is 14.7 Å². The molecule has 0 fully saturated rings. The summed E-state index contributed by atoms with van der Waals surface area (Å²) < 4.78 is 15.8. The van der Waals surface area contributed by atoms with Crippen LogP contribution in [0.2, 0.25) is 0 Å². The van der Waals surface area contributed by atoms with E-state index in [1.807, 2.05) is 30.3 Å². The number of hydrogen-bond acceptors (Lipinski definition) is 6. The molecule has 0 saturated carbocycles. The van der Waals surface area contributed by atoms with E-state index in [2.05, 4.69) is 0 Å². The van der Waals surface area contributed by atoms with Gasteiger partial charge in [-0.25, -0.2) is 0 Å². The molecule has 2 aromatic rings. The van der Waals surface area contributed by atoms with Crippen molar-refractivity contribution < 1.29 is 28.9 Å². The molecule has 1 unspecified atom stereocenters. The van der Waals surface area contributed by atoms with E-state index in [1.165, 1.54) is 25.2 Å². The molecule has 0 aromatic heterocycles. The minimum atomic E-state index is -0.757. The van der Waals surface area contributed by atoms with Crippen molar-refractivity contribution in [3.63, 3.8) is 0 Å². The molecule has 0 bridgehead atoms. The fourth-order valence-corrected chi connectivity index (χ4v) is 3.71. The number of methoxy groups -OCH3 is 3. The van der Waals surface area contributed by atoms with Gasteiger partial charge in [0.2, 0.25) is 0 Å². The Hall–Kier alpha value is -3.58. The van der Waals surface area contributed by atoms with Crippen LogP contribution in [0.15, 0.2) is 65.9 Å². The van der Waals surface area contributed by atoms with Crippen molar-refractivity contribution in [2.45, 2.75) is 12.5 Å². The molecule has 1 heterocycles. The molecule has 32 heavy (non-hydrogen) atoms. The van der Waals surface area contributed by atoms with Crippen molar-refractivity contribution in [1.29, 1.82) is 0 Å². The molecule has 0 saturated heterocycles. The Morgan fingerprint density at radius 3 is 2.44 bits per heavy atom. The van der Waals surface area contributed by atoms with Crippen LogP contribution in [0.3, 0.4) is 0 Å². The maximum absolute atomic E-state index is 13.1. The summed E-state index contributed by atoms with van der Waals surface area (Å²) in [5, 5.41) is 10.7. The number of nitrogens with zero attached hydrogens (tertiary/aromatic N) is 1. The number of hydrogen-bond donors (Lipinski definition) is 1. The van der Waals surface area contributed by atoms with Gasteiger partial charge in [0.15, 0.2) is 23.0 Å². The van der Waals surface area contributed by atoms with Gasteiger partial charge in [0, 0.05) is 20.3 Å². The third-order valence-corrected chi connectivity index (χ3v) is 5.27. The summed E-state index contributed by atoms with van der Waals surface area (Å²) in [4.78, 5) is 27.5. The molecule has 0 radical (unpaired) electrons. The van der Waals surface area contributed by atoms with Gasteiger partial charge in [-0.3, -0.25) is 9.59 Å². The maximum atomic E-state index is 13.1. The monoisotopic (exact) mass is 437 g/mol. The highest BCUT2D eigenvalue weighted by atomic mass is 16.5. The molecule has 1 aliphatic rings. The van der Waals surface area contributed by atoms with Crippen molar-refractivity contribution in [3.8, 4) is 11.5 Å². The Morgan fingerprint density at radius 2 is 1.78 bits per heavy atom. The van der Waals surface area contributed by atoms with Gasteiger partial charge in [-0.1, -0.05) is 42.5 Å². The first kappa shape index (κ1) is 23.1. The topological polar surface area (TPSA) is 85.3 Å². The third kappa shape index (κ3) is 4.84. The lowest BCUT2D eigenvalue weighted by atomic mass is 9.95. The zero-order valence-electron chi connectivity index (χ0n) is 18.4. The van der Waals surface area contributed by atoms with Gasteiger partial charge in [-0.15, -0.1) is 0 Å². The molecule has 1 N–H and O–H groups in total. The zero-order chi connectivity index (χ0) is 23.1. The number of aliphatic hydroxyl groups excluding tert-OH is 1. The number of aliphatic hydroxyl groups is 1. The van der Waals surface area contributed by atoms with E-state index in [0.29, 0.717) is 36.6 Å². The molecule has 2 aromatic carbocycles. The maximum Gasteiger partial charge on any atom is 0.290 e. The lowest BCUT2D eigenvalue weighted by molar-refractivity contribution is -0.129. The second kappa shape index (κ2) is 10.6. The first-order valence-electron chi connectivity index (χ1n) is 10.2. The van der Waals surface area contributed by atoms with E-state index in [4.69, 9.17) is 14.2 Å². The van der Waals surface area contributed by atoms with Gasteiger partial charge >= 0.3 is 0 Å². The van der Waals surface area contributed by atoms with Crippen molar-refractivity contribution in [2.24, 2.45) is 0 Å². The molecule has 7 heteroatoms. The molecule has 3 rings (SSSR count). The van der Waals surface area contributed by atoms with E-state index in [-0.39, 0.29) is 5.57 Å². The first-order chi connectivity index (χ1) is 15.5. The summed E-state index contributed by atoms with van der Waals surface area (Å²) >= 11 is 0. The molecule has 168 valence electrons. The number of carbonyl (C=O) groups excluding carboxylic acids is 2. The van der Waals surface area contributed by atoms with Crippen molar-refractivity contribution in [1.82, 2.24) is 4.90 Å². The van der Waals surface area contributed by atoms with Gasteiger partial charge in [-0.05, 0) is 35.8 Å². The minimum Gasteiger partial charge on any atom is -0.503 e. The van der Waals surface area contributed by atoms with Crippen LogP contribution >= 0.6 is 0 Å². The minimum absolute atomic E-state index is 0.0341. The first-order valence-corrected chi connectivity index (χ1v) is 10.2. The summed E-state index contributed by atoms with van der Waals surface area (Å²) in [6, 6.07) is 13.8. The van der Waals surface area contributed by atoms with Crippen LogP contribution < -0.4 is 9.47 Å². The average Bonchev–Trinajstić information content (AvgIpc) is 3.08. The standard InChI is InChI=1S/C25H27NO6/c1-30-15-7-14-26-23(18-11-13-20(31-2)21(16-18)32-3)22(24(28)25(26)29)19(27)12-10-17-8-5-4-6-9-17/h4-6,8-13,16,23,28H,7,14-15H2,1-3H3/b12-10+. The Balaban J connectivity index is 2.01. The predicted molar refractivity (Wildman–Crippen MR) is 121 cm³/mol. The number of benzene rings is 2. The highest BCUT2D eigenvalue weighted by Gasteiger charge is 2.42. The van der Waals surface area contributed by atoms with Crippen molar-refractivity contribution >= 4 is 17.8 Å². The normalized spacial score (nSPS) is 16.2. The van der Waals surface area contributed by atoms with Crippen LogP contribution in [0.4, 0.5) is 0 Å². The van der Waals surface area contributed by atoms with Crippen LogP contribution in [0.25, 0.3) is 6.08 Å². The van der Waals surface area contributed by atoms with Gasteiger partial charge in [0.25, 0.3) is 5.91 Å². The molecule has 1 atom stereocenters. The van der Waals surface area contributed by atoms with Crippen LogP contribution in [0, 0.1) is 0 Å². The molecule has 1 aliphatic heterocycles. The average molecular weight is 437 g/mol. The van der Waals surface area contributed by atoms with Crippen molar-refractivity contribution in [3.05, 3.63) is 77.1 Å². The number of ketones is 1. The summed E-state index contributed by atoms with van der Waals surface area (Å²) in [6.45, 7) is 0.759. The number of allylic oxidation sites excluding steroid dienone is 1. The summed E-state index contributed by atoms with van der Waals surface area (Å²) in [5.74, 6) is -0.570. The van der Waals surface area contributed by atoms with Crippen LogP contribution in [-0.2, 0) is 14.3 Å². The Kier molecular flexibility index (Phi) is 7.68. The fraction of sp³-hybridized carbons (Fsp3) is 0.280. The lowest BCUT2D eigenvalue weighted by Gasteiger charge is -2.27. The Labute approximate surface area is 187 Å². The SMILES string of the molecule is COCCCN1C(=O)C(O)=C(C(=O)/C=C/c2ccccc2)C1c1ccc(OC)c(OC)c1. The molecule has 7 nitrogen and oxygen atoms in total. The Bertz CT molecular complexity index is 1030. The van der Waals surface area contributed by atoms with Crippen LogP contribution in [-0.4, -0.2) is 56.2 Å². The lowest BCUT2D eigenvalue weighted by Crippen LogP contribution is -2.32. The van der Waals surface area contributed by atoms with E-state index >= 15 is 0 Å². The van der Waals surface area contributed by atoms with Gasteiger partial charge < -0.3 is 24.2 Å². The van der Waals surface area contributed by atoms with Gasteiger partial charge in [0.1, 0.15) is 0 Å². The summed E-state index contributed by atoms with van der Waals surface area (Å²) in [5.41, 5.74) is 1.51. The second-order valence-corrected chi connectivity index (χ2v) is 7.23. The van der Waals surface area contributed by atoms with E-state index in [1.54, 1.807) is 31.4 Å². The third-order valence-electron chi connectivity index (χ3n) is 5.27. The Morgan fingerprint density at radius 1 is 1.06 bits per heavy atom. The molecule has 0 spiro atoms. The van der Waals surface area contributed by atoms with E-state index in [0.717, 1.165) is 5.56 Å². The summed E-state index contributed by atoms with van der Waals surface area (Å²) in [7, 11) is 4.62. The molecular weight excluding hydrogens is 410 g/mol. The van der Waals surface area contributed by atoms with Gasteiger partial charge in [-0.2, -0.15) is 0 Å². The van der Waals surface area contributed by atoms with Crippen molar-refractivity contribution in [2.75, 3.05) is 34.5 Å². The number of rotatable bonds is 10. The number of ether oxygens (including phenoxy) is 3. The second-order valence-electron chi connectivity index (χ2n) is 7.23. The zero-order valence-corrected chi connectivity index (χ0v) is 18.4. The van der Waals surface area contributed by atoms with Crippen LogP contribution in [0.1, 0.15) is 23.6 Å². The number of amides is 1. The quantitative estimate of drug-likeness (QED) is 0.450. The van der Waals surface area contributed by atoms with E-state index < -0.39 is 23.5 Å².